The van der Waals surface area contributed by atoms with Gasteiger partial charge in [-0.05, 0) is 47.5 Å². The molecule has 0 saturated heterocycles. The van der Waals surface area contributed by atoms with E-state index in [4.69, 9.17) is 19.7 Å². The van der Waals surface area contributed by atoms with E-state index in [9.17, 15) is 19.8 Å². The molecule has 0 atom stereocenters. The van der Waals surface area contributed by atoms with E-state index in [1.165, 1.54) is 48.6 Å². The fourth-order valence-corrected chi connectivity index (χ4v) is 2.14. The molecule has 2 rings (SSSR count). The molecule has 28 heavy (non-hydrogen) atoms. The van der Waals surface area contributed by atoms with Gasteiger partial charge in [-0.25, -0.2) is 9.59 Å². The number of aromatic hydroxyl groups is 2. The highest BCUT2D eigenvalue weighted by Gasteiger charge is 2.06. The SMILES string of the molecule is O=C(O)/C=C/c1ccc(O)c(OCCOc2cc(/C=C/C(=O)O)ccc2O)c1. The lowest BCUT2D eigenvalue weighted by Gasteiger charge is -2.11. The van der Waals surface area contributed by atoms with E-state index < -0.39 is 11.9 Å². The molecule has 0 fully saturated rings. The molecule has 4 N–H and O–H groups in total. The maximum Gasteiger partial charge on any atom is 0.328 e. The van der Waals surface area contributed by atoms with Gasteiger partial charge in [-0.2, -0.15) is 0 Å². The number of rotatable bonds is 9. The third kappa shape index (κ3) is 6.41. The van der Waals surface area contributed by atoms with Crippen LogP contribution in [-0.2, 0) is 9.59 Å². The molecule has 0 amide bonds. The van der Waals surface area contributed by atoms with E-state index in [0.717, 1.165) is 12.2 Å². The number of carbonyl (C=O) groups is 2. The summed E-state index contributed by atoms with van der Waals surface area (Å²) in [5.41, 5.74) is 1.07. The zero-order chi connectivity index (χ0) is 20.5. The fraction of sp³-hybridized carbons (Fsp3) is 0.100. The second-order valence-electron chi connectivity index (χ2n) is 5.49. The molecule has 0 bridgehead atoms. The van der Waals surface area contributed by atoms with E-state index in [1.807, 2.05) is 0 Å². The summed E-state index contributed by atoms with van der Waals surface area (Å²) in [5.74, 6) is -2.11. The van der Waals surface area contributed by atoms with Crippen molar-refractivity contribution < 1.29 is 39.5 Å². The van der Waals surface area contributed by atoms with Crippen molar-refractivity contribution in [3.05, 3.63) is 59.7 Å². The standard InChI is InChI=1S/C20H18O8/c21-15-5-1-13(3-7-19(23)24)11-17(15)27-9-10-28-18-12-14(2-6-16(18)22)4-8-20(25)26/h1-8,11-12,21-22H,9-10H2,(H,23,24)(H,25,26)/b7-3+,8-4+. The number of phenolic OH excluding ortho intramolecular Hbond substituents is 2. The Morgan fingerprint density at radius 2 is 1.14 bits per heavy atom. The topological polar surface area (TPSA) is 134 Å². The Morgan fingerprint density at radius 3 is 1.50 bits per heavy atom. The van der Waals surface area contributed by atoms with Crippen molar-refractivity contribution in [1.82, 2.24) is 0 Å². The van der Waals surface area contributed by atoms with Crippen LogP contribution in [0.25, 0.3) is 12.2 Å². The molecule has 146 valence electrons. The highest BCUT2D eigenvalue weighted by Crippen LogP contribution is 2.29. The van der Waals surface area contributed by atoms with Gasteiger partial charge in [-0.1, -0.05) is 12.1 Å². The first-order valence-corrected chi connectivity index (χ1v) is 8.09. The average Bonchev–Trinajstić information content (AvgIpc) is 2.65. The van der Waals surface area contributed by atoms with Gasteiger partial charge in [-0.3, -0.25) is 0 Å². The van der Waals surface area contributed by atoms with Gasteiger partial charge in [-0.15, -0.1) is 0 Å². The summed E-state index contributed by atoms with van der Waals surface area (Å²) in [6.45, 7) is 0.0720. The summed E-state index contributed by atoms with van der Waals surface area (Å²) in [5, 5.41) is 36.9. The largest absolute Gasteiger partial charge is 0.504 e. The number of benzene rings is 2. The molecule has 0 aliphatic heterocycles. The third-order valence-electron chi connectivity index (χ3n) is 3.40. The fourth-order valence-electron chi connectivity index (χ4n) is 2.14. The Hall–Kier alpha value is -3.94. The molecule has 0 unspecified atom stereocenters. The number of phenols is 2. The lowest BCUT2D eigenvalue weighted by atomic mass is 10.2. The first kappa shape index (κ1) is 20.4. The van der Waals surface area contributed by atoms with Crippen LogP contribution in [-0.4, -0.2) is 45.6 Å². The van der Waals surface area contributed by atoms with Gasteiger partial charge in [0.1, 0.15) is 13.2 Å². The van der Waals surface area contributed by atoms with Gasteiger partial charge in [0.2, 0.25) is 0 Å². The number of aliphatic carboxylic acids is 2. The van der Waals surface area contributed by atoms with Crippen molar-refractivity contribution in [2.45, 2.75) is 0 Å². The van der Waals surface area contributed by atoms with Crippen LogP contribution in [0.15, 0.2) is 48.6 Å². The van der Waals surface area contributed by atoms with Crippen molar-refractivity contribution in [2.75, 3.05) is 13.2 Å². The van der Waals surface area contributed by atoms with Gasteiger partial charge in [0, 0.05) is 12.2 Å². The van der Waals surface area contributed by atoms with Crippen LogP contribution in [0.4, 0.5) is 0 Å². The molecular formula is C20H18O8. The monoisotopic (exact) mass is 386 g/mol. The number of carboxylic acids is 2. The van der Waals surface area contributed by atoms with Gasteiger partial charge >= 0.3 is 11.9 Å². The summed E-state index contributed by atoms with van der Waals surface area (Å²) in [6.07, 6.45) is 4.65. The minimum atomic E-state index is -1.09. The van der Waals surface area contributed by atoms with E-state index in [0.29, 0.717) is 11.1 Å². The van der Waals surface area contributed by atoms with Gasteiger partial charge in [0.15, 0.2) is 23.0 Å². The van der Waals surface area contributed by atoms with E-state index in [-0.39, 0.29) is 36.2 Å². The second kappa shape index (κ2) is 9.67. The van der Waals surface area contributed by atoms with Crippen molar-refractivity contribution in [3.8, 4) is 23.0 Å². The summed E-state index contributed by atoms with van der Waals surface area (Å²) in [7, 11) is 0. The normalized spacial score (nSPS) is 11.0. The summed E-state index contributed by atoms with van der Waals surface area (Å²) in [6, 6.07) is 8.77. The minimum absolute atomic E-state index is 0.0360. The van der Waals surface area contributed by atoms with Crippen LogP contribution < -0.4 is 9.47 Å². The van der Waals surface area contributed by atoms with E-state index in [2.05, 4.69) is 0 Å². The van der Waals surface area contributed by atoms with Crippen molar-refractivity contribution >= 4 is 24.1 Å². The van der Waals surface area contributed by atoms with Crippen LogP contribution in [0.5, 0.6) is 23.0 Å². The lowest BCUT2D eigenvalue weighted by Crippen LogP contribution is -2.09. The average molecular weight is 386 g/mol. The molecule has 0 heterocycles. The maximum absolute atomic E-state index is 10.6. The van der Waals surface area contributed by atoms with Crippen molar-refractivity contribution in [2.24, 2.45) is 0 Å². The van der Waals surface area contributed by atoms with Gasteiger partial charge in [0.25, 0.3) is 0 Å². The zero-order valence-electron chi connectivity index (χ0n) is 14.6. The number of hydrogen-bond acceptors (Lipinski definition) is 6. The molecule has 0 saturated carbocycles. The highest BCUT2D eigenvalue weighted by atomic mass is 16.5. The summed E-state index contributed by atoms with van der Waals surface area (Å²) in [4.78, 5) is 21.1. The highest BCUT2D eigenvalue weighted by molar-refractivity contribution is 5.86. The molecule has 8 heteroatoms. The molecule has 0 aliphatic rings. The number of carboxylic acid groups (broad SMARTS) is 2. The molecule has 0 aromatic heterocycles. The number of ether oxygens (including phenoxy) is 2. The predicted octanol–water partition coefficient (Wildman–Crippen LogP) is 2.75. The molecular weight excluding hydrogens is 368 g/mol. The Morgan fingerprint density at radius 1 is 0.750 bits per heavy atom. The lowest BCUT2D eigenvalue weighted by molar-refractivity contribution is -0.132. The quantitative estimate of drug-likeness (QED) is 0.382. The van der Waals surface area contributed by atoms with Crippen molar-refractivity contribution in [1.29, 1.82) is 0 Å². The van der Waals surface area contributed by atoms with Gasteiger partial charge < -0.3 is 29.9 Å². The summed E-state index contributed by atoms with van der Waals surface area (Å²) >= 11 is 0. The van der Waals surface area contributed by atoms with Crippen LogP contribution in [0, 0.1) is 0 Å². The zero-order valence-corrected chi connectivity index (χ0v) is 14.6. The number of hydrogen-bond donors (Lipinski definition) is 4. The smallest absolute Gasteiger partial charge is 0.328 e. The first-order chi connectivity index (χ1) is 13.3. The Bertz CT molecular complexity index is 839. The van der Waals surface area contributed by atoms with Crippen LogP contribution in [0.3, 0.4) is 0 Å². The third-order valence-corrected chi connectivity index (χ3v) is 3.40. The van der Waals surface area contributed by atoms with Gasteiger partial charge in [0.05, 0.1) is 0 Å². The molecule has 0 spiro atoms. The Balaban J connectivity index is 1.95. The van der Waals surface area contributed by atoms with Crippen molar-refractivity contribution in [3.63, 3.8) is 0 Å². The Kier molecular flexibility index (Phi) is 7.04. The van der Waals surface area contributed by atoms with Crippen LogP contribution >= 0.6 is 0 Å². The van der Waals surface area contributed by atoms with E-state index >= 15 is 0 Å². The molecule has 8 nitrogen and oxygen atoms in total. The maximum atomic E-state index is 10.6. The molecule has 0 radical (unpaired) electrons. The minimum Gasteiger partial charge on any atom is -0.504 e. The van der Waals surface area contributed by atoms with Crippen LogP contribution in [0.1, 0.15) is 11.1 Å². The molecule has 2 aromatic rings. The first-order valence-electron chi connectivity index (χ1n) is 8.09. The summed E-state index contributed by atoms with van der Waals surface area (Å²) < 4.78 is 10.9. The molecule has 2 aromatic carbocycles. The predicted molar refractivity (Wildman–Crippen MR) is 101 cm³/mol. The van der Waals surface area contributed by atoms with Crippen LogP contribution in [0.2, 0.25) is 0 Å². The van der Waals surface area contributed by atoms with E-state index in [1.54, 1.807) is 0 Å². The second-order valence-corrected chi connectivity index (χ2v) is 5.49. The Labute approximate surface area is 160 Å². The molecule has 0 aliphatic carbocycles.